The molecule has 0 aromatic rings. The van der Waals surface area contributed by atoms with Gasteiger partial charge >= 0.3 is 5.97 Å². The van der Waals surface area contributed by atoms with Gasteiger partial charge in [0.25, 0.3) is 11.8 Å². The van der Waals surface area contributed by atoms with Crippen LogP contribution in [0.1, 0.15) is 39.0 Å². The zero-order valence-electron chi connectivity index (χ0n) is 31.0. The molecule has 2 amide bonds. The number of carbonyl (C=O) groups is 4. The van der Waals surface area contributed by atoms with Crippen LogP contribution in [0, 0.1) is 24.7 Å². The van der Waals surface area contributed by atoms with Gasteiger partial charge in [-0.25, -0.2) is 4.79 Å². The molecule has 2 N–H and O–H groups in total. The molecule has 1 aliphatic rings. The van der Waals surface area contributed by atoms with Crippen LogP contribution >= 0.6 is 0 Å². The first-order chi connectivity index (χ1) is 25.5. The first kappa shape index (κ1) is 51.1. The molecule has 0 aliphatic carbocycles. The highest BCUT2D eigenvalue weighted by atomic mass is 16.7. The number of hydroxylamine groups is 2. The largest absolute Gasteiger partial charge is 0.379 e. The highest BCUT2D eigenvalue weighted by Crippen LogP contribution is 2.12. The van der Waals surface area contributed by atoms with Crippen LogP contribution in [0.4, 0.5) is 0 Å². The number of amides is 2. The van der Waals surface area contributed by atoms with E-state index in [1.165, 1.54) is 7.05 Å². The molecule has 52 heavy (non-hydrogen) atoms. The first-order valence-electron chi connectivity index (χ1n) is 17.3. The summed E-state index contributed by atoms with van der Waals surface area (Å²) in [6.45, 7) is 10.5. The number of nitrogens with two attached hydrogens (primary N) is 1. The van der Waals surface area contributed by atoms with E-state index < -0.39 is 17.8 Å². The van der Waals surface area contributed by atoms with Gasteiger partial charge in [0.2, 0.25) is 0 Å². The lowest BCUT2D eigenvalue weighted by molar-refractivity contribution is -0.198. The molecule has 1 fully saturated rings. The van der Waals surface area contributed by atoms with E-state index >= 15 is 0 Å². The standard InChI is InChI=1S/C18H27NO9.C16H28O6.CH5N/c1-2-6-23-8-10-25-12-14-27-15-13-26-11-9-24-7-5-18(22)28-19-16(20)3-4-17(19)21;1-3-6-18-8-10-20-12-14-22-15-13-21-11-9-19-7-5-16(17)4-2;1-2/h1H,3-15H2;1H,4-15H2,2H3;2H2,1H3. The Morgan fingerprint density at radius 3 is 1.13 bits per heavy atom. The quantitative estimate of drug-likeness (QED) is 0.0537. The minimum atomic E-state index is -0.692. The number of hydrogen-bond donors (Lipinski definition) is 1. The van der Waals surface area contributed by atoms with E-state index in [0.717, 1.165) is 0 Å². The summed E-state index contributed by atoms with van der Waals surface area (Å²) in [6.07, 6.45) is 11.2. The number of terminal acetylenes is 2. The molecule has 17 nitrogen and oxygen atoms in total. The normalized spacial score (nSPS) is 12.0. The van der Waals surface area contributed by atoms with Gasteiger partial charge in [0.1, 0.15) is 19.0 Å². The second-order valence-corrected chi connectivity index (χ2v) is 9.85. The zero-order valence-corrected chi connectivity index (χ0v) is 31.0. The van der Waals surface area contributed by atoms with Gasteiger partial charge in [-0.15, -0.1) is 17.9 Å². The Hall–Kier alpha value is -3.04. The molecule has 1 saturated heterocycles. The average molecular weight is 749 g/mol. The monoisotopic (exact) mass is 748 g/mol. The molecular weight excluding hydrogens is 688 g/mol. The minimum absolute atomic E-state index is 0.0616. The Bertz CT molecular complexity index is 940. The van der Waals surface area contributed by atoms with Crippen molar-refractivity contribution in [1.82, 2.24) is 5.06 Å². The topological polar surface area (TPSA) is 199 Å². The lowest BCUT2D eigenvalue weighted by Gasteiger charge is -2.12. The molecule has 0 aromatic carbocycles. The van der Waals surface area contributed by atoms with Crippen molar-refractivity contribution < 1.29 is 71.4 Å². The van der Waals surface area contributed by atoms with Crippen LogP contribution < -0.4 is 5.73 Å². The summed E-state index contributed by atoms with van der Waals surface area (Å²) in [7, 11) is 1.50. The molecule has 0 spiro atoms. The predicted octanol–water partition coefficient (Wildman–Crippen LogP) is 0.347. The van der Waals surface area contributed by atoms with Crippen molar-refractivity contribution in [3.05, 3.63) is 0 Å². The zero-order chi connectivity index (χ0) is 38.8. The van der Waals surface area contributed by atoms with Crippen LogP contribution in [0.5, 0.6) is 0 Å². The van der Waals surface area contributed by atoms with Crippen molar-refractivity contribution in [1.29, 1.82) is 0 Å². The van der Waals surface area contributed by atoms with Crippen molar-refractivity contribution in [3.8, 4) is 24.7 Å². The van der Waals surface area contributed by atoms with Gasteiger partial charge in [-0.2, -0.15) is 0 Å². The van der Waals surface area contributed by atoms with Crippen molar-refractivity contribution in [2.75, 3.05) is 139 Å². The molecule has 0 atom stereocenters. The SMILES string of the molecule is C#CCOCCOCCOCCOCCOCCC(=O)CC.C#CCOCCOCCOCCOCCOCCC(=O)ON1C(=O)CCC1=O.CN. The Morgan fingerprint density at radius 1 is 0.538 bits per heavy atom. The highest BCUT2D eigenvalue weighted by molar-refractivity contribution is 6.01. The van der Waals surface area contributed by atoms with Gasteiger partial charge in [-0.3, -0.25) is 14.4 Å². The number of Topliss-reactive ketones (excluding diaryl/α,β-unsaturated/α-hetero) is 1. The third-order valence-electron chi connectivity index (χ3n) is 5.92. The molecule has 1 heterocycles. The van der Waals surface area contributed by atoms with E-state index in [1.54, 1.807) is 0 Å². The van der Waals surface area contributed by atoms with Gasteiger partial charge in [0.15, 0.2) is 0 Å². The van der Waals surface area contributed by atoms with Crippen molar-refractivity contribution in [3.63, 3.8) is 0 Å². The molecule has 0 saturated carbocycles. The number of hydrogen-bond acceptors (Lipinski definition) is 16. The maximum absolute atomic E-state index is 11.5. The van der Waals surface area contributed by atoms with E-state index in [-0.39, 0.29) is 38.3 Å². The van der Waals surface area contributed by atoms with E-state index in [1.807, 2.05) is 6.92 Å². The molecule has 1 rings (SSSR count). The minimum Gasteiger partial charge on any atom is -0.379 e. The third-order valence-corrected chi connectivity index (χ3v) is 5.92. The number of imide groups is 1. The Labute approximate surface area is 308 Å². The van der Waals surface area contributed by atoms with Gasteiger partial charge in [0, 0.05) is 25.7 Å². The van der Waals surface area contributed by atoms with Gasteiger partial charge in [0.05, 0.1) is 125 Å². The molecule has 0 radical (unpaired) electrons. The fraction of sp³-hybridized carbons (Fsp3) is 0.771. The Balaban J connectivity index is 0. The number of rotatable bonds is 34. The lowest BCUT2D eigenvalue weighted by atomic mass is 10.2. The number of carbonyl (C=O) groups excluding carboxylic acids is 4. The molecule has 1 aliphatic heterocycles. The fourth-order valence-electron chi connectivity index (χ4n) is 3.35. The maximum atomic E-state index is 11.5. The summed E-state index contributed by atoms with van der Waals surface area (Å²) in [5.41, 5.74) is 4.50. The Kier molecular flexibility index (Phi) is 41.6. The van der Waals surface area contributed by atoms with Crippen molar-refractivity contribution in [2.45, 2.75) is 39.0 Å². The van der Waals surface area contributed by atoms with Crippen molar-refractivity contribution in [2.24, 2.45) is 5.73 Å². The summed E-state index contributed by atoms with van der Waals surface area (Å²) >= 11 is 0. The number of ketones is 1. The van der Waals surface area contributed by atoms with Gasteiger partial charge < -0.3 is 57.9 Å². The first-order valence-corrected chi connectivity index (χ1v) is 17.3. The molecular formula is C35H60N2O15. The molecule has 0 aromatic heterocycles. The lowest BCUT2D eigenvalue weighted by Crippen LogP contribution is -2.32. The van der Waals surface area contributed by atoms with Gasteiger partial charge in [-0.1, -0.05) is 18.8 Å². The predicted molar refractivity (Wildman–Crippen MR) is 188 cm³/mol. The van der Waals surface area contributed by atoms with Crippen LogP contribution in [0.25, 0.3) is 0 Å². The second-order valence-electron chi connectivity index (χ2n) is 9.85. The second kappa shape index (κ2) is 42.4. The van der Waals surface area contributed by atoms with E-state index in [4.69, 9.17) is 65.1 Å². The van der Waals surface area contributed by atoms with E-state index in [9.17, 15) is 19.2 Å². The molecule has 0 bridgehead atoms. The molecule has 17 heteroatoms. The van der Waals surface area contributed by atoms with E-state index in [2.05, 4.69) is 17.6 Å². The molecule has 300 valence electrons. The summed E-state index contributed by atoms with van der Waals surface area (Å²) in [4.78, 5) is 49.8. The highest BCUT2D eigenvalue weighted by Gasteiger charge is 2.32. The Morgan fingerprint density at radius 2 is 0.827 bits per heavy atom. The molecule has 0 unspecified atom stereocenters. The summed E-state index contributed by atoms with van der Waals surface area (Å²) in [5, 5.41) is 0.517. The average Bonchev–Trinajstić information content (AvgIpc) is 3.47. The fourth-order valence-corrected chi connectivity index (χ4v) is 3.35. The summed E-state index contributed by atoms with van der Waals surface area (Å²) in [5.74, 6) is 3.27. The number of ether oxygens (including phenoxy) is 10. The van der Waals surface area contributed by atoms with Crippen LogP contribution in [0.2, 0.25) is 0 Å². The smallest absolute Gasteiger partial charge is 0.335 e. The van der Waals surface area contributed by atoms with Crippen LogP contribution in [0.15, 0.2) is 0 Å². The summed E-state index contributed by atoms with van der Waals surface area (Å²) < 4.78 is 52.4. The summed E-state index contributed by atoms with van der Waals surface area (Å²) in [6, 6.07) is 0. The van der Waals surface area contributed by atoms with Crippen LogP contribution in [0.3, 0.4) is 0 Å². The van der Waals surface area contributed by atoms with Crippen LogP contribution in [-0.2, 0) is 71.4 Å². The number of nitrogens with zero attached hydrogens (tertiary/aromatic N) is 1. The maximum Gasteiger partial charge on any atom is 0.335 e. The van der Waals surface area contributed by atoms with Crippen molar-refractivity contribution >= 4 is 23.6 Å². The third kappa shape index (κ3) is 36.7. The van der Waals surface area contributed by atoms with E-state index in [0.29, 0.717) is 137 Å². The van der Waals surface area contributed by atoms with Crippen LogP contribution in [-0.4, -0.2) is 168 Å². The van der Waals surface area contributed by atoms with Gasteiger partial charge in [-0.05, 0) is 7.05 Å².